The fourth-order valence-electron chi connectivity index (χ4n) is 4.15. The van der Waals surface area contributed by atoms with E-state index >= 15 is 0 Å². The topological polar surface area (TPSA) is 34.0 Å². The first kappa shape index (κ1) is 17.9. The minimum absolute atomic E-state index is 0.499. The van der Waals surface area contributed by atoms with Crippen LogP contribution in [-0.2, 0) is 13.6 Å². The quantitative estimate of drug-likeness (QED) is 0.688. The van der Waals surface area contributed by atoms with Crippen LogP contribution >= 0.6 is 0 Å². The molecule has 2 aromatic heterocycles. The molecule has 27 heavy (non-hydrogen) atoms. The zero-order valence-corrected chi connectivity index (χ0v) is 16.5. The second-order valence-corrected chi connectivity index (χ2v) is 7.89. The Morgan fingerprint density at radius 3 is 2.78 bits per heavy atom. The van der Waals surface area contributed by atoms with Crippen LogP contribution in [0, 0.1) is 13.8 Å². The van der Waals surface area contributed by atoms with E-state index in [4.69, 9.17) is 4.98 Å². The van der Waals surface area contributed by atoms with Crippen molar-refractivity contribution in [2.75, 3.05) is 13.1 Å². The number of rotatable bonds is 4. The summed E-state index contributed by atoms with van der Waals surface area (Å²) in [5.74, 6) is 0.499. The highest BCUT2D eigenvalue weighted by Crippen LogP contribution is 2.30. The Balaban J connectivity index is 1.53. The van der Waals surface area contributed by atoms with Crippen molar-refractivity contribution in [1.82, 2.24) is 19.7 Å². The number of hydrogen-bond acceptors (Lipinski definition) is 3. The molecular formula is C23H28N4. The van der Waals surface area contributed by atoms with Crippen molar-refractivity contribution < 1.29 is 0 Å². The summed E-state index contributed by atoms with van der Waals surface area (Å²) < 4.78 is 1.86. The maximum atomic E-state index is 4.89. The third-order valence-electron chi connectivity index (χ3n) is 5.42. The molecule has 4 heteroatoms. The molecule has 1 saturated heterocycles. The highest BCUT2D eigenvalue weighted by Gasteiger charge is 2.23. The number of hydrogen-bond donors (Lipinski definition) is 0. The van der Waals surface area contributed by atoms with E-state index in [1.807, 2.05) is 17.9 Å². The summed E-state index contributed by atoms with van der Waals surface area (Å²) in [6.07, 6.45) is 6.45. The van der Waals surface area contributed by atoms with E-state index in [1.54, 1.807) is 0 Å². The number of pyridine rings is 1. The van der Waals surface area contributed by atoms with Crippen LogP contribution in [0.15, 0.2) is 48.8 Å². The molecule has 0 aliphatic carbocycles. The first-order valence-corrected chi connectivity index (χ1v) is 9.82. The minimum Gasteiger partial charge on any atom is -0.298 e. The molecule has 0 bridgehead atoms. The summed E-state index contributed by atoms with van der Waals surface area (Å²) in [5, 5.41) is 4.32. The summed E-state index contributed by atoms with van der Waals surface area (Å²) in [7, 11) is 1.96. The largest absolute Gasteiger partial charge is 0.298 e. The highest BCUT2D eigenvalue weighted by molar-refractivity contribution is 5.62. The van der Waals surface area contributed by atoms with Gasteiger partial charge >= 0.3 is 0 Å². The second kappa shape index (κ2) is 7.65. The molecule has 0 N–H and O–H groups in total. The molecule has 140 valence electrons. The molecule has 4 rings (SSSR count). The first-order chi connectivity index (χ1) is 13.1. The Labute approximate surface area is 161 Å². The van der Waals surface area contributed by atoms with Gasteiger partial charge < -0.3 is 0 Å². The van der Waals surface area contributed by atoms with Gasteiger partial charge in [-0.05, 0) is 56.5 Å². The summed E-state index contributed by atoms with van der Waals surface area (Å²) in [6, 6.07) is 13.3. The monoisotopic (exact) mass is 360 g/mol. The zero-order chi connectivity index (χ0) is 18.8. The Morgan fingerprint density at radius 1 is 1.11 bits per heavy atom. The van der Waals surface area contributed by atoms with Gasteiger partial charge in [0.2, 0.25) is 0 Å². The normalized spacial score (nSPS) is 18.0. The van der Waals surface area contributed by atoms with Gasteiger partial charge in [-0.3, -0.25) is 14.6 Å². The molecule has 3 aromatic rings. The second-order valence-electron chi connectivity index (χ2n) is 7.89. The number of nitrogens with zero attached hydrogens (tertiary/aromatic N) is 4. The number of aromatic nitrogens is 3. The van der Waals surface area contributed by atoms with Gasteiger partial charge in [0.1, 0.15) is 0 Å². The zero-order valence-electron chi connectivity index (χ0n) is 16.5. The maximum absolute atomic E-state index is 4.89. The predicted octanol–water partition coefficient (Wildman–Crippen LogP) is 4.48. The van der Waals surface area contributed by atoms with Crippen molar-refractivity contribution in [3.8, 4) is 11.1 Å². The molecular weight excluding hydrogens is 332 g/mol. The molecule has 0 amide bonds. The lowest BCUT2D eigenvalue weighted by atomic mass is 9.92. The fourth-order valence-corrected chi connectivity index (χ4v) is 4.15. The Bertz CT molecular complexity index is 928. The Kier molecular flexibility index (Phi) is 5.08. The third kappa shape index (κ3) is 4.28. The van der Waals surface area contributed by atoms with E-state index in [0.717, 1.165) is 24.3 Å². The van der Waals surface area contributed by atoms with Crippen LogP contribution in [-0.4, -0.2) is 32.8 Å². The number of aryl methyl sites for hydroxylation is 3. The van der Waals surface area contributed by atoms with Crippen molar-refractivity contribution in [3.05, 3.63) is 71.3 Å². The molecule has 4 nitrogen and oxygen atoms in total. The lowest BCUT2D eigenvalue weighted by Gasteiger charge is -2.32. The van der Waals surface area contributed by atoms with Gasteiger partial charge in [-0.1, -0.05) is 29.8 Å². The fraction of sp³-hybridized carbons (Fsp3) is 0.391. The molecule has 0 radical (unpaired) electrons. The van der Waals surface area contributed by atoms with Gasteiger partial charge in [-0.25, -0.2) is 0 Å². The average molecular weight is 361 g/mol. The molecule has 1 aliphatic heterocycles. The summed E-state index contributed by atoms with van der Waals surface area (Å²) >= 11 is 0. The van der Waals surface area contributed by atoms with Crippen molar-refractivity contribution in [1.29, 1.82) is 0 Å². The molecule has 3 heterocycles. The summed E-state index contributed by atoms with van der Waals surface area (Å²) in [6.45, 7) is 7.54. The van der Waals surface area contributed by atoms with E-state index in [1.165, 1.54) is 41.8 Å². The van der Waals surface area contributed by atoms with E-state index in [-0.39, 0.29) is 0 Å². The third-order valence-corrected chi connectivity index (χ3v) is 5.42. The van der Waals surface area contributed by atoms with Gasteiger partial charge in [0.05, 0.1) is 6.20 Å². The number of piperidine rings is 1. The number of benzene rings is 1. The van der Waals surface area contributed by atoms with Crippen LogP contribution in [0.3, 0.4) is 0 Å². The van der Waals surface area contributed by atoms with E-state index in [0.29, 0.717) is 5.92 Å². The van der Waals surface area contributed by atoms with E-state index < -0.39 is 0 Å². The molecule has 1 atom stereocenters. The SMILES string of the molecule is Cc1cccc(CN2CCC[C@H](c3cc(-c4cnn(C)c4)cc(C)n3)C2)c1. The molecule has 1 fully saturated rings. The van der Waals surface area contributed by atoms with Gasteiger partial charge in [0.15, 0.2) is 0 Å². The van der Waals surface area contributed by atoms with Crippen LogP contribution in [0.4, 0.5) is 0 Å². The number of likely N-dealkylation sites (tertiary alicyclic amines) is 1. The smallest absolute Gasteiger partial charge is 0.0568 e. The van der Waals surface area contributed by atoms with E-state index in [2.05, 4.69) is 66.4 Å². The van der Waals surface area contributed by atoms with Crippen molar-refractivity contribution in [3.63, 3.8) is 0 Å². The Morgan fingerprint density at radius 2 is 2.00 bits per heavy atom. The van der Waals surface area contributed by atoms with Crippen LogP contribution in [0.1, 0.15) is 41.3 Å². The van der Waals surface area contributed by atoms with Crippen LogP contribution in [0.25, 0.3) is 11.1 Å². The molecule has 0 saturated carbocycles. The lowest BCUT2D eigenvalue weighted by molar-refractivity contribution is 0.198. The highest BCUT2D eigenvalue weighted by atomic mass is 15.2. The molecule has 1 aromatic carbocycles. The van der Waals surface area contributed by atoms with E-state index in [9.17, 15) is 0 Å². The first-order valence-electron chi connectivity index (χ1n) is 9.82. The van der Waals surface area contributed by atoms with Gasteiger partial charge in [0, 0.05) is 49.2 Å². The molecule has 1 aliphatic rings. The van der Waals surface area contributed by atoms with Crippen LogP contribution < -0.4 is 0 Å². The van der Waals surface area contributed by atoms with Gasteiger partial charge in [-0.2, -0.15) is 5.10 Å². The lowest BCUT2D eigenvalue weighted by Crippen LogP contribution is -2.34. The molecule has 0 unspecified atom stereocenters. The molecule has 0 spiro atoms. The van der Waals surface area contributed by atoms with Crippen molar-refractivity contribution in [2.24, 2.45) is 7.05 Å². The Hall–Kier alpha value is -2.46. The maximum Gasteiger partial charge on any atom is 0.0568 e. The van der Waals surface area contributed by atoms with Gasteiger partial charge in [0.25, 0.3) is 0 Å². The summed E-state index contributed by atoms with van der Waals surface area (Å²) in [5.41, 5.74) is 7.44. The standard InChI is InChI=1S/C23H28N4/c1-17-6-4-7-19(10-17)14-27-9-5-8-20(16-27)23-12-21(11-18(2)25-23)22-13-24-26(3)15-22/h4,6-7,10-13,15,20H,5,8-9,14,16H2,1-3H3/t20-/m0/s1. The summed E-state index contributed by atoms with van der Waals surface area (Å²) in [4.78, 5) is 7.47. The van der Waals surface area contributed by atoms with Gasteiger partial charge in [-0.15, -0.1) is 0 Å². The van der Waals surface area contributed by atoms with Crippen molar-refractivity contribution in [2.45, 2.75) is 39.2 Å². The average Bonchev–Trinajstić information content (AvgIpc) is 3.08. The minimum atomic E-state index is 0.499. The van der Waals surface area contributed by atoms with Crippen LogP contribution in [0.5, 0.6) is 0 Å². The predicted molar refractivity (Wildman–Crippen MR) is 110 cm³/mol. The van der Waals surface area contributed by atoms with Crippen LogP contribution in [0.2, 0.25) is 0 Å². The van der Waals surface area contributed by atoms with Crippen molar-refractivity contribution >= 4 is 0 Å².